The van der Waals surface area contributed by atoms with Crippen LogP contribution in [0.5, 0.6) is 0 Å². The zero-order valence-electron chi connectivity index (χ0n) is 7.09. The summed E-state index contributed by atoms with van der Waals surface area (Å²) in [7, 11) is 0. The van der Waals surface area contributed by atoms with Gasteiger partial charge in [-0.15, -0.1) is 0 Å². The molecule has 0 atom stereocenters. The predicted molar refractivity (Wildman–Crippen MR) is 54.2 cm³/mol. The second-order valence-corrected chi connectivity index (χ2v) is 4.47. The summed E-state index contributed by atoms with van der Waals surface area (Å²) in [5, 5.41) is 0. The van der Waals surface area contributed by atoms with Gasteiger partial charge in [0.05, 0.1) is 5.54 Å². The van der Waals surface area contributed by atoms with Crippen molar-refractivity contribution in [2.75, 3.05) is 0 Å². The summed E-state index contributed by atoms with van der Waals surface area (Å²) in [5.41, 5.74) is 6.68. The number of hydrogen-bond acceptors (Lipinski definition) is 2. The van der Waals surface area contributed by atoms with Crippen molar-refractivity contribution in [2.45, 2.75) is 18.4 Å². The molecule has 1 aliphatic carbocycles. The summed E-state index contributed by atoms with van der Waals surface area (Å²) in [4.78, 5) is 10.9. The van der Waals surface area contributed by atoms with Crippen molar-refractivity contribution in [2.24, 2.45) is 5.73 Å². The third-order valence-electron chi connectivity index (χ3n) is 2.42. The first-order chi connectivity index (χ1) is 6.10. The molecule has 0 heterocycles. The SMILES string of the molecule is NC1(c2cccc(Br)c2)CC(=O)C1. The van der Waals surface area contributed by atoms with E-state index in [9.17, 15) is 4.79 Å². The number of hydrogen-bond donors (Lipinski definition) is 1. The normalized spacial score (nSPS) is 19.7. The van der Waals surface area contributed by atoms with Gasteiger partial charge in [0.2, 0.25) is 0 Å². The molecule has 2 nitrogen and oxygen atoms in total. The number of carbonyl (C=O) groups excluding carboxylic acids is 1. The summed E-state index contributed by atoms with van der Waals surface area (Å²) in [6, 6.07) is 7.84. The number of rotatable bonds is 1. The van der Waals surface area contributed by atoms with Crippen LogP contribution in [0.25, 0.3) is 0 Å². The summed E-state index contributed by atoms with van der Waals surface area (Å²) < 4.78 is 1.01. The van der Waals surface area contributed by atoms with Crippen molar-refractivity contribution in [3.63, 3.8) is 0 Å². The van der Waals surface area contributed by atoms with Gasteiger partial charge in [0.1, 0.15) is 5.78 Å². The topological polar surface area (TPSA) is 43.1 Å². The molecule has 0 unspecified atom stereocenters. The van der Waals surface area contributed by atoms with Gasteiger partial charge in [-0.05, 0) is 17.7 Å². The first-order valence-electron chi connectivity index (χ1n) is 4.17. The molecule has 0 aromatic heterocycles. The van der Waals surface area contributed by atoms with Crippen LogP contribution in [0.4, 0.5) is 0 Å². The Labute approximate surface area is 85.3 Å². The number of Topliss-reactive ketones (excluding diaryl/α,β-unsaturated/α-hetero) is 1. The molecule has 0 radical (unpaired) electrons. The Morgan fingerprint density at radius 3 is 2.62 bits per heavy atom. The first kappa shape index (κ1) is 8.91. The Morgan fingerprint density at radius 1 is 1.38 bits per heavy atom. The minimum Gasteiger partial charge on any atom is -0.321 e. The van der Waals surface area contributed by atoms with Crippen LogP contribution in [-0.2, 0) is 10.3 Å². The Morgan fingerprint density at radius 2 is 2.08 bits per heavy atom. The molecule has 1 aromatic carbocycles. The lowest BCUT2D eigenvalue weighted by Crippen LogP contribution is -2.49. The van der Waals surface area contributed by atoms with Crippen molar-refractivity contribution in [3.8, 4) is 0 Å². The van der Waals surface area contributed by atoms with E-state index < -0.39 is 5.54 Å². The molecule has 1 aliphatic rings. The predicted octanol–water partition coefficient (Wildman–Crippen LogP) is 1.97. The van der Waals surface area contributed by atoms with Crippen molar-refractivity contribution in [1.29, 1.82) is 0 Å². The van der Waals surface area contributed by atoms with Crippen LogP contribution in [0.2, 0.25) is 0 Å². The second kappa shape index (κ2) is 2.93. The molecule has 0 bridgehead atoms. The van der Waals surface area contributed by atoms with Gasteiger partial charge in [0.25, 0.3) is 0 Å². The summed E-state index contributed by atoms with van der Waals surface area (Å²) in [5.74, 6) is 0.252. The van der Waals surface area contributed by atoms with Crippen molar-refractivity contribution < 1.29 is 4.79 Å². The van der Waals surface area contributed by atoms with Crippen LogP contribution < -0.4 is 5.73 Å². The van der Waals surface area contributed by atoms with E-state index in [-0.39, 0.29) is 5.78 Å². The third kappa shape index (κ3) is 1.54. The molecular weight excluding hydrogens is 230 g/mol. The van der Waals surface area contributed by atoms with Gasteiger partial charge in [-0.2, -0.15) is 0 Å². The molecule has 2 rings (SSSR count). The zero-order valence-corrected chi connectivity index (χ0v) is 8.67. The number of benzene rings is 1. The third-order valence-corrected chi connectivity index (χ3v) is 2.92. The van der Waals surface area contributed by atoms with E-state index in [1.807, 2.05) is 24.3 Å². The summed E-state index contributed by atoms with van der Waals surface area (Å²) in [6.07, 6.45) is 0.951. The maximum atomic E-state index is 10.9. The van der Waals surface area contributed by atoms with Gasteiger partial charge in [0, 0.05) is 17.3 Å². The number of carbonyl (C=O) groups is 1. The molecule has 0 spiro atoms. The lowest BCUT2D eigenvalue weighted by atomic mass is 9.72. The second-order valence-electron chi connectivity index (χ2n) is 3.56. The van der Waals surface area contributed by atoms with E-state index in [0.29, 0.717) is 12.8 Å². The highest BCUT2D eigenvalue weighted by atomic mass is 79.9. The van der Waals surface area contributed by atoms with E-state index in [1.54, 1.807) is 0 Å². The standard InChI is InChI=1S/C10H10BrNO/c11-8-3-1-2-7(4-8)10(12)5-9(13)6-10/h1-4H,5-6,12H2. The van der Waals surface area contributed by atoms with Gasteiger partial charge in [-0.3, -0.25) is 4.79 Å². The van der Waals surface area contributed by atoms with Crippen LogP contribution in [0, 0.1) is 0 Å². The van der Waals surface area contributed by atoms with Gasteiger partial charge in [-0.25, -0.2) is 0 Å². The van der Waals surface area contributed by atoms with E-state index in [2.05, 4.69) is 15.9 Å². The smallest absolute Gasteiger partial charge is 0.137 e. The maximum Gasteiger partial charge on any atom is 0.137 e. The quantitative estimate of drug-likeness (QED) is 0.815. The lowest BCUT2D eigenvalue weighted by molar-refractivity contribution is -0.128. The highest BCUT2D eigenvalue weighted by molar-refractivity contribution is 9.10. The molecular formula is C10H10BrNO. The van der Waals surface area contributed by atoms with Crippen molar-refractivity contribution in [3.05, 3.63) is 34.3 Å². The molecule has 13 heavy (non-hydrogen) atoms. The van der Waals surface area contributed by atoms with E-state index >= 15 is 0 Å². The van der Waals surface area contributed by atoms with E-state index in [0.717, 1.165) is 10.0 Å². The molecule has 0 saturated heterocycles. The van der Waals surface area contributed by atoms with Gasteiger partial charge < -0.3 is 5.73 Å². The van der Waals surface area contributed by atoms with Gasteiger partial charge in [-0.1, -0.05) is 28.1 Å². The Hall–Kier alpha value is -0.670. The molecule has 1 aromatic rings. The molecule has 68 valence electrons. The van der Waals surface area contributed by atoms with Crippen LogP contribution >= 0.6 is 15.9 Å². The Kier molecular flexibility index (Phi) is 2.00. The van der Waals surface area contributed by atoms with Gasteiger partial charge >= 0.3 is 0 Å². The molecule has 2 N–H and O–H groups in total. The lowest BCUT2D eigenvalue weighted by Gasteiger charge is -2.37. The van der Waals surface area contributed by atoms with Crippen molar-refractivity contribution in [1.82, 2.24) is 0 Å². The fourth-order valence-corrected chi connectivity index (χ4v) is 2.05. The van der Waals surface area contributed by atoms with Crippen LogP contribution in [0.15, 0.2) is 28.7 Å². The van der Waals surface area contributed by atoms with E-state index in [1.165, 1.54) is 0 Å². The fourth-order valence-electron chi connectivity index (χ4n) is 1.65. The average molecular weight is 240 g/mol. The molecule has 1 fully saturated rings. The molecule has 1 saturated carbocycles. The molecule has 3 heteroatoms. The maximum absolute atomic E-state index is 10.9. The zero-order chi connectivity index (χ0) is 9.47. The highest BCUT2D eigenvalue weighted by Crippen LogP contribution is 2.36. The largest absolute Gasteiger partial charge is 0.321 e. The summed E-state index contributed by atoms with van der Waals surface area (Å²) >= 11 is 3.38. The molecule has 0 amide bonds. The monoisotopic (exact) mass is 239 g/mol. The van der Waals surface area contributed by atoms with Crippen molar-refractivity contribution >= 4 is 21.7 Å². The number of nitrogens with two attached hydrogens (primary N) is 1. The number of halogens is 1. The van der Waals surface area contributed by atoms with E-state index in [4.69, 9.17) is 5.73 Å². The number of ketones is 1. The minimum absolute atomic E-state index is 0.252. The van der Waals surface area contributed by atoms with Crippen LogP contribution in [0.3, 0.4) is 0 Å². The van der Waals surface area contributed by atoms with Gasteiger partial charge in [0.15, 0.2) is 0 Å². The average Bonchev–Trinajstić information content (AvgIpc) is 2.02. The summed E-state index contributed by atoms with van der Waals surface area (Å²) in [6.45, 7) is 0. The Bertz CT molecular complexity index is 354. The molecule has 0 aliphatic heterocycles. The highest BCUT2D eigenvalue weighted by Gasteiger charge is 2.41. The van der Waals surface area contributed by atoms with Crippen LogP contribution in [0.1, 0.15) is 18.4 Å². The minimum atomic E-state index is -0.402. The van der Waals surface area contributed by atoms with Crippen LogP contribution in [-0.4, -0.2) is 5.78 Å². The Balaban J connectivity index is 2.31. The first-order valence-corrected chi connectivity index (χ1v) is 4.96. The fraction of sp³-hybridized carbons (Fsp3) is 0.300.